The molecule has 0 atom stereocenters. The molecular formula is C21H43N6Na4O8-. The van der Waals surface area contributed by atoms with Gasteiger partial charge in [-0.05, 0) is 13.8 Å². The van der Waals surface area contributed by atoms with Gasteiger partial charge in [0.25, 0.3) is 0 Å². The summed E-state index contributed by atoms with van der Waals surface area (Å²) in [4.78, 5) is 43.1. The maximum absolute atomic E-state index is 10.4. The Morgan fingerprint density at radius 2 is 1.28 bits per heavy atom. The van der Waals surface area contributed by atoms with E-state index in [1.165, 1.54) is 0 Å². The van der Waals surface area contributed by atoms with Gasteiger partial charge in [0.2, 0.25) is 0 Å². The topological polar surface area (TPSA) is 236 Å². The fourth-order valence-electron chi connectivity index (χ4n) is 2.16. The van der Waals surface area contributed by atoms with Crippen molar-refractivity contribution in [3.8, 4) is 0 Å². The average Bonchev–Trinajstić information content (AvgIpc) is 2.70. The van der Waals surface area contributed by atoms with Crippen molar-refractivity contribution in [1.29, 1.82) is 0 Å². The van der Waals surface area contributed by atoms with Gasteiger partial charge < -0.3 is 71.5 Å². The van der Waals surface area contributed by atoms with Crippen molar-refractivity contribution >= 4 is 24.4 Å². The van der Waals surface area contributed by atoms with Gasteiger partial charge in [-0.1, -0.05) is 34.2 Å². The summed E-state index contributed by atoms with van der Waals surface area (Å²) in [5.74, 6) is -1.43. The molecule has 6 N–H and O–H groups in total. The van der Waals surface area contributed by atoms with E-state index in [1.807, 2.05) is 32.6 Å². The number of carboxylic acids is 1. The van der Waals surface area contributed by atoms with Crippen LogP contribution in [0, 0.1) is 0 Å². The maximum atomic E-state index is 10.4. The number of nitrogens with two attached hydrogens (primary N) is 1. The third kappa shape index (κ3) is 52.6. The van der Waals surface area contributed by atoms with Crippen LogP contribution >= 0.6 is 0 Å². The zero-order chi connectivity index (χ0) is 27.1. The number of amides is 2. The van der Waals surface area contributed by atoms with E-state index in [0.29, 0.717) is 24.0 Å². The number of carboxylic acid groups (broad SMARTS) is 3. The van der Waals surface area contributed by atoms with Crippen molar-refractivity contribution in [3.63, 3.8) is 0 Å². The molecule has 14 nitrogen and oxygen atoms in total. The van der Waals surface area contributed by atoms with E-state index < -0.39 is 24.7 Å². The van der Waals surface area contributed by atoms with Crippen LogP contribution in [-0.2, 0) is 9.59 Å². The molecule has 0 aliphatic heterocycles. The number of hydrogen-bond donors (Lipinski definition) is 4. The molecule has 0 bridgehead atoms. The molecule has 0 saturated heterocycles. The van der Waals surface area contributed by atoms with Crippen molar-refractivity contribution in [3.05, 3.63) is 0 Å². The molecule has 0 aromatic carbocycles. The minimum Gasteiger partial charge on any atom is -0.870 e. The van der Waals surface area contributed by atoms with E-state index in [4.69, 9.17) is 5.73 Å². The van der Waals surface area contributed by atoms with E-state index in [0.717, 1.165) is 13.1 Å². The Morgan fingerprint density at radius 3 is 1.56 bits per heavy atom. The van der Waals surface area contributed by atoms with Gasteiger partial charge in [-0.2, -0.15) is 0 Å². The Morgan fingerprint density at radius 1 is 0.821 bits per heavy atom. The fourth-order valence-corrected chi connectivity index (χ4v) is 2.16. The first-order valence-electron chi connectivity index (χ1n) is 11.1. The fraction of sp³-hybridized carbons (Fsp3) is 0.810. The van der Waals surface area contributed by atoms with Crippen LogP contribution in [0.1, 0.15) is 41.5 Å². The number of nitrogens with zero attached hydrogens (tertiary/aromatic N) is 2. The molecule has 0 spiro atoms. The zero-order valence-electron chi connectivity index (χ0n) is 25.7. The first-order chi connectivity index (χ1) is 15.8. The van der Waals surface area contributed by atoms with E-state index >= 15 is 0 Å². The van der Waals surface area contributed by atoms with E-state index in [9.17, 15) is 34.5 Å². The molecule has 0 radical (unpaired) electrons. The second-order valence-corrected chi connectivity index (χ2v) is 7.99. The van der Waals surface area contributed by atoms with Gasteiger partial charge in [-0.3, -0.25) is 0 Å². The van der Waals surface area contributed by atoms with Gasteiger partial charge >= 0.3 is 118 Å². The normalized spacial score (nSPS) is 9.00. The smallest absolute Gasteiger partial charge is 0.870 e. The third-order valence-electron chi connectivity index (χ3n) is 3.88. The molecule has 0 heterocycles. The molecule has 0 rings (SSSR count). The second kappa shape index (κ2) is 41.6. The molecular weight excluding hydrogens is 556 g/mol. The third-order valence-corrected chi connectivity index (χ3v) is 3.88. The van der Waals surface area contributed by atoms with Gasteiger partial charge in [-0.15, -0.1) is 0 Å². The number of aliphatic carboxylic acids is 1. The summed E-state index contributed by atoms with van der Waals surface area (Å²) >= 11 is 0. The summed E-state index contributed by atoms with van der Waals surface area (Å²) in [5, 5.41) is 38.8. The Balaban J connectivity index is -0.0000000604. The predicted molar refractivity (Wildman–Crippen MR) is 125 cm³/mol. The van der Waals surface area contributed by atoms with Gasteiger partial charge in [0.05, 0.1) is 12.5 Å². The van der Waals surface area contributed by atoms with Gasteiger partial charge in [0.15, 0.2) is 0 Å². The molecule has 0 fully saturated rings. The Labute approximate surface area is 322 Å². The minimum absolute atomic E-state index is 0. The number of carbonyl (C=O) groups is 3. The summed E-state index contributed by atoms with van der Waals surface area (Å²) in [5.41, 5.74) is 5.21. The minimum atomic E-state index is -1.50. The number of hydrogen-bond acceptors (Lipinski definition) is 12. The van der Waals surface area contributed by atoms with Crippen LogP contribution in [0.3, 0.4) is 0 Å². The number of rotatable bonds is 15. The largest absolute Gasteiger partial charge is 1.00 e. The van der Waals surface area contributed by atoms with Crippen molar-refractivity contribution in [2.24, 2.45) is 5.73 Å². The first kappa shape index (κ1) is 59.8. The van der Waals surface area contributed by atoms with Crippen LogP contribution < -0.4 is 155 Å². The quantitative estimate of drug-likeness (QED) is 0.101. The van der Waals surface area contributed by atoms with Crippen LogP contribution in [0.2, 0.25) is 0 Å². The summed E-state index contributed by atoms with van der Waals surface area (Å²) in [6, 6.07) is 0.995. The van der Waals surface area contributed by atoms with Gasteiger partial charge in [0, 0.05) is 57.4 Å². The van der Waals surface area contributed by atoms with E-state index in [2.05, 4.69) is 29.8 Å². The summed E-state index contributed by atoms with van der Waals surface area (Å²) in [6.07, 6.45) is -1.02. The van der Waals surface area contributed by atoms with Crippen LogP contribution in [0.5, 0.6) is 0 Å². The average molecular weight is 600 g/mol. The van der Waals surface area contributed by atoms with Gasteiger partial charge in [-0.25, -0.2) is 6.29 Å². The van der Waals surface area contributed by atoms with Crippen LogP contribution in [-0.4, -0.2) is 110 Å². The van der Waals surface area contributed by atoms with Gasteiger partial charge in [0.1, 0.15) is 12.2 Å². The Kier molecular flexibility index (Phi) is 63.8. The van der Waals surface area contributed by atoms with E-state index in [1.54, 1.807) is 6.29 Å². The Hall–Kier alpha value is 1.48. The SMILES string of the molecule is CC(C)N(C[C-]=O)CCNC(=O)[O-].CC(C)NCCN.CC(C)NCCN(CC(=O)[O-])C(=O)[O-].[Na+].[Na+].[Na+].[Na+].[OH-]. The monoisotopic (exact) mass is 599 g/mol. The molecule has 0 aliphatic rings. The van der Waals surface area contributed by atoms with Crippen molar-refractivity contribution in [1.82, 2.24) is 25.8 Å². The predicted octanol–water partition coefficient (Wildman–Crippen LogP) is -16.1. The molecule has 18 heteroatoms. The molecule has 2 amide bonds. The number of carbonyl (C=O) groups excluding carboxylic acids is 4. The zero-order valence-corrected chi connectivity index (χ0v) is 33.7. The molecule has 0 saturated carbocycles. The second-order valence-electron chi connectivity index (χ2n) is 7.99. The molecule has 0 unspecified atom stereocenters. The van der Waals surface area contributed by atoms with Crippen molar-refractivity contribution < 1.29 is 158 Å². The summed E-state index contributed by atoms with van der Waals surface area (Å²) < 4.78 is 0. The molecule has 0 aromatic heterocycles. The molecule has 0 aliphatic carbocycles. The number of nitrogens with one attached hydrogen (secondary N) is 3. The van der Waals surface area contributed by atoms with Crippen LogP contribution in [0.4, 0.5) is 9.59 Å². The summed E-state index contributed by atoms with van der Waals surface area (Å²) in [7, 11) is 0. The van der Waals surface area contributed by atoms with Crippen molar-refractivity contribution in [2.45, 2.75) is 59.7 Å². The Bertz CT molecular complexity index is 569. The van der Waals surface area contributed by atoms with Crippen molar-refractivity contribution in [2.75, 3.05) is 52.4 Å². The summed E-state index contributed by atoms with van der Waals surface area (Å²) in [6.45, 7) is 14.3. The molecule has 210 valence electrons. The molecule has 0 aromatic rings. The van der Waals surface area contributed by atoms with E-state index in [-0.39, 0.29) is 155 Å². The molecule has 39 heavy (non-hydrogen) atoms. The standard InChI is InChI=1S/C8H16N2O4.C8H15N2O3.C5H14N2.4Na.H2O/c1-6(2)9-3-4-10(8(13)14)5-7(11)12;1-7(2)10(5-6-11)4-3-9-8(12)13;1-5(2)7-4-3-6;;;;;/h6,9H,3-5H2,1-2H3,(H,11,12)(H,13,14);7,9H,3-5H2,1-2H3,(H,12,13);5,7H,3-4,6H2,1-2H3;;;;;1H2/q;-1;;4*+1;/p-4. The van der Waals surface area contributed by atoms with Crippen LogP contribution in [0.25, 0.3) is 0 Å². The van der Waals surface area contributed by atoms with Crippen LogP contribution in [0.15, 0.2) is 0 Å². The first-order valence-corrected chi connectivity index (χ1v) is 11.1. The maximum Gasteiger partial charge on any atom is 1.00 e.